The third kappa shape index (κ3) is 1.97. The fraction of sp³-hybridized carbons (Fsp3) is 0.731. The van der Waals surface area contributed by atoms with Crippen molar-refractivity contribution in [3.05, 3.63) is 24.2 Å². The van der Waals surface area contributed by atoms with Crippen LogP contribution in [0.1, 0.15) is 78.4 Å². The minimum absolute atomic E-state index is 0.0139. The SMILES string of the molecule is CC1(C)C(=O)CC[C@]2(C)C3CC[C@@]4(C)[C@H](c5ccoc5)OC(=O)[C@H]5O[C@]54[C@]3(C)C(=O)C[C@@H]12. The number of esters is 1. The molecular formula is C26H32O6. The van der Waals surface area contributed by atoms with Gasteiger partial charge in [0.25, 0.3) is 0 Å². The Morgan fingerprint density at radius 2 is 1.69 bits per heavy atom. The second kappa shape index (κ2) is 5.75. The van der Waals surface area contributed by atoms with E-state index in [1.54, 1.807) is 12.5 Å². The summed E-state index contributed by atoms with van der Waals surface area (Å²) in [5, 5.41) is 0. The van der Waals surface area contributed by atoms with Gasteiger partial charge in [-0.2, -0.15) is 0 Å². The Hall–Kier alpha value is -1.95. The summed E-state index contributed by atoms with van der Waals surface area (Å²) in [6, 6.07) is 1.84. The lowest BCUT2D eigenvalue weighted by Crippen LogP contribution is -2.71. The minimum atomic E-state index is -0.878. The van der Waals surface area contributed by atoms with E-state index in [0.29, 0.717) is 12.8 Å². The van der Waals surface area contributed by atoms with E-state index in [1.807, 2.05) is 26.8 Å². The van der Waals surface area contributed by atoms with Gasteiger partial charge in [0.2, 0.25) is 0 Å². The highest BCUT2D eigenvalue weighted by atomic mass is 16.7. The van der Waals surface area contributed by atoms with Crippen LogP contribution < -0.4 is 0 Å². The van der Waals surface area contributed by atoms with Crippen LogP contribution in [0, 0.1) is 33.5 Å². The van der Waals surface area contributed by atoms with Crippen molar-refractivity contribution >= 4 is 17.5 Å². The standard InChI is InChI=1S/C26H32O6/c1-22(2)16-12-18(28)25(5)15(23(16,3)9-7-17(22)27)6-10-24(4)19(14-8-11-30-13-14)31-21(29)20-26(24,25)32-20/h8,11,13,15-16,19-20H,6-7,9-10,12H2,1-5H3/t15?,16-,19-,20+,23+,24-,25-,26+/m0/s1. The largest absolute Gasteiger partial charge is 0.472 e. The summed E-state index contributed by atoms with van der Waals surface area (Å²) in [6.07, 6.45) is 5.35. The molecule has 6 heteroatoms. The van der Waals surface area contributed by atoms with Gasteiger partial charge in [-0.3, -0.25) is 9.59 Å². The quantitative estimate of drug-likeness (QED) is 0.475. The zero-order chi connectivity index (χ0) is 22.9. The second-order valence-electron chi connectivity index (χ2n) is 12.1. The van der Waals surface area contributed by atoms with Gasteiger partial charge in [0.05, 0.1) is 17.9 Å². The summed E-state index contributed by atoms with van der Waals surface area (Å²) in [5.74, 6) is 0.0937. The van der Waals surface area contributed by atoms with Crippen molar-refractivity contribution in [3.8, 4) is 0 Å². The smallest absolute Gasteiger partial charge is 0.339 e. The number of fused-ring (bicyclic) bond motifs is 3. The number of carbonyl (C=O) groups excluding carboxylic acids is 3. The first-order valence-electron chi connectivity index (χ1n) is 11.9. The Morgan fingerprint density at radius 3 is 2.38 bits per heavy atom. The Morgan fingerprint density at radius 1 is 0.938 bits per heavy atom. The van der Waals surface area contributed by atoms with E-state index >= 15 is 0 Å². The Balaban J connectivity index is 1.51. The van der Waals surface area contributed by atoms with E-state index in [1.165, 1.54) is 0 Å². The predicted molar refractivity (Wildman–Crippen MR) is 113 cm³/mol. The number of cyclic esters (lactones) is 1. The summed E-state index contributed by atoms with van der Waals surface area (Å²) in [5.41, 5.74) is -2.06. The molecule has 1 spiro atoms. The van der Waals surface area contributed by atoms with Gasteiger partial charge < -0.3 is 13.9 Å². The zero-order valence-corrected chi connectivity index (χ0v) is 19.5. The molecule has 1 aromatic rings. The molecule has 0 N–H and O–H groups in total. The number of furan rings is 1. The van der Waals surface area contributed by atoms with Crippen LogP contribution in [0.4, 0.5) is 0 Å². The molecule has 2 saturated heterocycles. The van der Waals surface area contributed by atoms with E-state index in [4.69, 9.17) is 13.9 Å². The highest BCUT2D eigenvalue weighted by molar-refractivity contribution is 5.94. The topological polar surface area (TPSA) is 86.1 Å². The molecule has 172 valence electrons. The van der Waals surface area contributed by atoms with Gasteiger partial charge >= 0.3 is 5.97 Å². The van der Waals surface area contributed by atoms with E-state index in [9.17, 15) is 14.4 Å². The third-order valence-corrected chi connectivity index (χ3v) is 10.8. The molecule has 1 unspecified atom stereocenters. The molecule has 5 aliphatic rings. The Kier molecular flexibility index (Phi) is 3.71. The fourth-order valence-electron chi connectivity index (χ4n) is 9.05. The molecule has 3 saturated carbocycles. The predicted octanol–water partition coefficient (Wildman–Crippen LogP) is 4.42. The molecule has 32 heavy (non-hydrogen) atoms. The summed E-state index contributed by atoms with van der Waals surface area (Å²) in [7, 11) is 0. The first kappa shape index (κ1) is 20.6. The highest BCUT2D eigenvalue weighted by Gasteiger charge is 2.88. The first-order chi connectivity index (χ1) is 14.9. The summed E-state index contributed by atoms with van der Waals surface area (Å²) in [4.78, 5) is 40.0. The van der Waals surface area contributed by atoms with Gasteiger partial charge in [0.1, 0.15) is 23.3 Å². The number of hydrogen-bond donors (Lipinski definition) is 0. The van der Waals surface area contributed by atoms with Gasteiger partial charge in [-0.15, -0.1) is 0 Å². The number of Topliss-reactive ketones (excluding diaryl/α,β-unsaturated/α-hetero) is 2. The lowest BCUT2D eigenvalue weighted by atomic mass is 9.35. The molecule has 0 radical (unpaired) electrons. The lowest BCUT2D eigenvalue weighted by Gasteiger charge is -2.67. The molecular weight excluding hydrogens is 408 g/mol. The minimum Gasteiger partial charge on any atom is -0.472 e. The molecule has 8 atom stereocenters. The maximum atomic E-state index is 14.1. The second-order valence-corrected chi connectivity index (χ2v) is 12.1. The maximum Gasteiger partial charge on any atom is 0.339 e. The number of rotatable bonds is 1. The van der Waals surface area contributed by atoms with Crippen LogP contribution >= 0.6 is 0 Å². The van der Waals surface area contributed by atoms with E-state index < -0.39 is 34.1 Å². The van der Waals surface area contributed by atoms with Crippen molar-refractivity contribution in [2.24, 2.45) is 33.5 Å². The number of ether oxygens (including phenoxy) is 2. The molecule has 3 aliphatic carbocycles. The molecule has 5 fully saturated rings. The molecule has 2 aliphatic heterocycles. The number of epoxide rings is 1. The van der Waals surface area contributed by atoms with Crippen LogP contribution in [0.2, 0.25) is 0 Å². The van der Waals surface area contributed by atoms with E-state index in [2.05, 4.69) is 13.8 Å². The number of carbonyl (C=O) groups is 3. The zero-order valence-electron chi connectivity index (χ0n) is 19.5. The summed E-state index contributed by atoms with van der Waals surface area (Å²) in [6.45, 7) is 10.5. The lowest BCUT2D eigenvalue weighted by molar-refractivity contribution is -0.220. The van der Waals surface area contributed by atoms with Gasteiger partial charge in [0.15, 0.2) is 6.10 Å². The van der Waals surface area contributed by atoms with Gasteiger partial charge in [-0.05, 0) is 49.5 Å². The first-order valence-corrected chi connectivity index (χ1v) is 11.9. The molecule has 1 aromatic heterocycles. The Labute approximate surface area is 188 Å². The van der Waals surface area contributed by atoms with Crippen molar-refractivity contribution in [2.75, 3.05) is 0 Å². The van der Waals surface area contributed by atoms with Crippen LogP contribution in [0.15, 0.2) is 23.0 Å². The third-order valence-electron chi connectivity index (χ3n) is 10.8. The van der Waals surface area contributed by atoms with Crippen molar-refractivity contribution in [3.63, 3.8) is 0 Å². The van der Waals surface area contributed by atoms with Crippen LogP contribution in [0.3, 0.4) is 0 Å². The monoisotopic (exact) mass is 440 g/mol. The number of ketones is 2. The van der Waals surface area contributed by atoms with Gasteiger partial charge in [0, 0.05) is 29.2 Å². The highest BCUT2D eigenvalue weighted by Crippen LogP contribution is 2.79. The normalized spacial score (nSPS) is 51.1. The van der Waals surface area contributed by atoms with Crippen LogP contribution in [0.25, 0.3) is 0 Å². The number of hydrogen-bond acceptors (Lipinski definition) is 6. The molecule has 0 amide bonds. The summed E-state index contributed by atoms with van der Waals surface area (Å²) < 4.78 is 17.6. The van der Waals surface area contributed by atoms with Crippen molar-refractivity contribution in [1.82, 2.24) is 0 Å². The molecule has 6 nitrogen and oxygen atoms in total. The molecule has 0 bridgehead atoms. The van der Waals surface area contributed by atoms with Crippen molar-refractivity contribution < 1.29 is 28.3 Å². The van der Waals surface area contributed by atoms with Crippen molar-refractivity contribution in [1.29, 1.82) is 0 Å². The van der Waals surface area contributed by atoms with Crippen LogP contribution in [0.5, 0.6) is 0 Å². The van der Waals surface area contributed by atoms with Crippen LogP contribution in [-0.4, -0.2) is 29.2 Å². The van der Waals surface area contributed by atoms with Gasteiger partial charge in [-0.25, -0.2) is 4.79 Å². The van der Waals surface area contributed by atoms with E-state index in [0.717, 1.165) is 24.8 Å². The van der Waals surface area contributed by atoms with Crippen LogP contribution in [-0.2, 0) is 23.9 Å². The van der Waals surface area contributed by atoms with Crippen molar-refractivity contribution in [2.45, 2.75) is 84.5 Å². The van der Waals surface area contributed by atoms with E-state index in [-0.39, 0.29) is 34.8 Å². The molecule has 3 heterocycles. The maximum absolute atomic E-state index is 14.1. The average Bonchev–Trinajstić information content (AvgIpc) is 3.30. The molecule has 6 rings (SSSR count). The summed E-state index contributed by atoms with van der Waals surface area (Å²) >= 11 is 0. The molecule has 0 aromatic carbocycles. The fourth-order valence-corrected chi connectivity index (χ4v) is 9.05. The average molecular weight is 441 g/mol. The Bertz CT molecular complexity index is 1040. The van der Waals surface area contributed by atoms with Gasteiger partial charge in [-0.1, -0.05) is 27.7 Å².